The van der Waals surface area contributed by atoms with Crippen LogP contribution in [0.25, 0.3) is 0 Å². The summed E-state index contributed by atoms with van der Waals surface area (Å²) in [5, 5.41) is 13.3. The van der Waals surface area contributed by atoms with Gasteiger partial charge in [-0.2, -0.15) is 4.98 Å². The number of nitrogens with one attached hydrogen (secondary N) is 1. The molecule has 0 saturated heterocycles. The molecule has 0 saturated carbocycles. The minimum Gasteiger partial charge on any atom is -0.478 e. The monoisotopic (exact) mass is 282 g/mol. The molecule has 20 heavy (non-hydrogen) atoms. The van der Waals surface area contributed by atoms with E-state index in [9.17, 15) is 5.11 Å². The van der Waals surface area contributed by atoms with Crippen LogP contribution < -0.4 is 10.1 Å². The zero-order valence-electron chi connectivity index (χ0n) is 13.1. The van der Waals surface area contributed by atoms with Crippen LogP contribution in [-0.2, 0) is 0 Å². The number of aliphatic hydroxyl groups is 1. The van der Waals surface area contributed by atoms with Gasteiger partial charge in [-0.05, 0) is 34.4 Å². The topological polar surface area (TPSA) is 70.5 Å². The van der Waals surface area contributed by atoms with Crippen LogP contribution in [-0.4, -0.2) is 59.4 Å². The fourth-order valence-electron chi connectivity index (χ4n) is 1.91. The summed E-state index contributed by atoms with van der Waals surface area (Å²) in [6.07, 6.45) is 0.934. The Morgan fingerprint density at radius 3 is 2.70 bits per heavy atom. The van der Waals surface area contributed by atoms with Gasteiger partial charge in [0, 0.05) is 24.8 Å². The summed E-state index contributed by atoms with van der Waals surface area (Å²) in [5.41, 5.74) is -0.0121. The molecule has 6 heteroatoms. The number of aromatic nitrogens is 2. The Bertz CT molecular complexity index is 422. The molecule has 114 valence electrons. The van der Waals surface area contributed by atoms with Crippen LogP contribution in [0.5, 0.6) is 5.88 Å². The van der Waals surface area contributed by atoms with Crippen molar-refractivity contribution in [2.75, 3.05) is 39.1 Å². The van der Waals surface area contributed by atoms with Crippen LogP contribution in [0.3, 0.4) is 0 Å². The van der Waals surface area contributed by atoms with Crippen molar-refractivity contribution >= 4 is 5.95 Å². The summed E-state index contributed by atoms with van der Waals surface area (Å²) in [5.74, 6) is 1.05. The highest BCUT2D eigenvalue weighted by Gasteiger charge is 2.21. The zero-order chi connectivity index (χ0) is 15.2. The maximum absolute atomic E-state index is 10.2. The summed E-state index contributed by atoms with van der Waals surface area (Å²) in [6, 6.07) is 1.80. The van der Waals surface area contributed by atoms with Crippen LogP contribution in [0, 0.1) is 6.92 Å². The second kappa shape index (κ2) is 7.40. The molecule has 0 bridgehead atoms. The number of hydrogen-bond acceptors (Lipinski definition) is 6. The van der Waals surface area contributed by atoms with E-state index in [1.165, 1.54) is 0 Å². The zero-order valence-corrected chi connectivity index (χ0v) is 13.1. The highest BCUT2D eigenvalue weighted by atomic mass is 16.5. The average Bonchev–Trinajstić information content (AvgIpc) is 2.32. The van der Waals surface area contributed by atoms with E-state index >= 15 is 0 Å². The van der Waals surface area contributed by atoms with Crippen molar-refractivity contribution in [2.24, 2.45) is 0 Å². The highest BCUT2D eigenvalue weighted by molar-refractivity contribution is 5.31. The second-order valence-electron chi connectivity index (χ2n) is 5.61. The Balaban J connectivity index is 2.65. The van der Waals surface area contributed by atoms with Crippen molar-refractivity contribution in [1.29, 1.82) is 0 Å². The number of rotatable bonds is 8. The maximum Gasteiger partial charge on any atom is 0.226 e. The minimum atomic E-state index is -0.846. The van der Waals surface area contributed by atoms with Crippen molar-refractivity contribution in [1.82, 2.24) is 14.9 Å². The summed E-state index contributed by atoms with van der Waals surface area (Å²) >= 11 is 0. The van der Waals surface area contributed by atoms with Crippen molar-refractivity contribution < 1.29 is 9.84 Å². The normalized spacial score (nSPS) is 14.2. The molecule has 2 N–H and O–H groups in total. The second-order valence-corrected chi connectivity index (χ2v) is 5.61. The van der Waals surface area contributed by atoms with E-state index in [0.29, 0.717) is 31.5 Å². The molecule has 6 nitrogen and oxygen atoms in total. The molecule has 1 rings (SSSR count). The Morgan fingerprint density at radius 2 is 2.10 bits per heavy atom. The van der Waals surface area contributed by atoms with Crippen LogP contribution in [0.4, 0.5) is 5.95 Å². The third-order valence-corrected chi connectivity index (χ3v) is 2.57. The number of hydrogen-bond donors (Lipinski definition) is 2. The molecule has 1 unspecified atom stereocenters. The summed E-state index contributed by atoms with van der Waals surface area (Å²) in [6.45, 7) is 7.29. The Kier molecular flexibility index (Phi) is 6.16. The van der Waals surface area contributed by atoms with Gasteiger partial charge in [0.05, 0.1) is 12.2 Å². The molecule has 1 aromatic rings. The first-order valence-electron chi connectivity index (χ1n) is 6.92. The first-order chi connectivity index (χ1) is 9.32. The van der Waals surface area contributed by atoms with Gasteiger partial charge in [0.25, 0.3) is 0 Å². The SMILES string of the molecule is CCCOc1cc(C)nc(NCC(C)(O)CN(C)C)n1. The molecule has 0 amide bonds. The molecule has 0 spiro atoms. The van der Waals surface area contributed by atoms with Crippen molar-refractivity contribution in [3.8, 4) is 5.88 Å². The van der Waals surface area contributed by atoms with Gasteiger partial charge < -0.3 is 20.1 Å². The van der Waals surface area contributed by atoms with E-state index in [1.807, 2.05) is 32.8 Å². The van der Waals surface area contributed by atoms with E-state index in [1.54, 1.807) is 13.0 Å². The summed E-state index contributed by atoms with van der Waals surface area (Å²) in [7, 11) is 3.85. The summed E-state index contributed by atoms with van der Waals surface area (Å²) < 4.78 is 5.51. The third kappa shape index (κ3) is 6.16. The molecule has 1 atom stereocenters. The number of ether oxygens (including phenoxy) is 1. The lowest BCUT2D eigenvalue weighted by molar-refractivity contribution is 0.0458. The van der Waals surface area contributed by atoms with Crippen LogP contribution >= 0.6 is 0 Å². The molecule has 0 aromatic carbocycles. The van der Waals surface area contributed by atoms with Gasteiger partial charge in [0.1, 0.15) is 0 Å². The highest BCUT2D eigenvalue weighted by Crippen LogP contribution is 2.13. The van der Waals surface area contributed by atoms with Crippen molar-refractivity contribution in [3.05, 3.63) is 11.8 Å². The van der Waals surface area contributed by atoms with Crippen molar-refractivity contribution in [2.45, 2.75) is 32.8 Å². The van der Waals surface area contributed by atoms with Gasteiger partial charge in [-0.25, -0.2) is 4.98 Å². The fourth-order valence-corrected chi connectivity index (χ4v) is 1.91. The fraction of sp³-hybridized carbons (Fsp3) is 0.714. The molecule has 0 fully saturated rings. The number of nitrogens with zero attached hydrogens (tertiary/aromatic N) is 3. The van der Waals surface area contributed by atoms with Gasteiger partial charge in [-0.3, -0.25) is 0 Å². The standard InChI is InChI=1S/C14H26N4O2/c1-6-7-20-12-8-11(2)16-13(17-12)15-9-14(3,19)10-18(4)5/h8,19H,6-7,9-10H2,1-5H3,(H,15,16,17). The molecule has 0 aliphatic heterocycles. The summed E-state index contributed by atoms with van der Waals surface area (Å²) in [4.78, 5) is 10.5. The predicted molar refractivity (Wildman–Crippen MR) is 80.2 cm³/mol. The van der Waals surface area contributed by atoms with Gasteiger partial charge in [-0.15, -0.1) is 0 Å². The third-order valence-electron chi connectivity index (χ3n) is 2.57. The van der Waals surface area contributed by atoms with Crippen LogP contribution in [0.15, 0.2) is 6.07 Å². The van der Waals surface area contributed by atoms with Crippen molar-refractivity contribution in [3.63, 3.8) is 0 Å². The van der Waals surface area contributed by atoms with E-state index in [0.717, 1.165) is 12.1 Å². The quantitative estimate of drug-likeness (QED) is 0.749. The lowest BCUT2D eigenvalue weighted by atomic mass is 10.1. The lowest BCUT2D eigenvalue weighted by Gasteiger charge is -2.27. The lowest BCUT2D eigenvalue weighted by Crippen LogP contribution is -2.43. The molecule has 1 aromatic heterocycles. The van der Waals surface area contributed by atoms with E-state index in [-0.39, 0.29) is 0 Å². The number of likely N-dealkylation sites (N-methyl/N-ethyl adjacent to an activating group) is 1. The number of aryl methyl sites for hydroxylation is 1. The molecular weight excluding hydrogens is 256 g/mol. The van der Waals surface area contributed by atoms with E-state index in [2.05, 4.69) is 15.3 Å². The maximum atomic E-state index is 10.2. The van der Waals surface area contributed by atoms with E-state index in [4.69, 9.17) is 4.74 Å². The predicted octanol–water partition coefficient (Wildman–Crippen LogP) is 1.30. The smallest absolute Gasteiger partial charge is 0.226 e. The molecule has 0 aliphatic rings. The van der Waals surface area contributed by atoms with E-state index < -0.39 is 5.60 Å². The van der Waals surface area contributed by atoms with Gasteiger partial charge >= 0.3 is 0 Å². The van der Waals surface area contributed by atoms with Gasteiger partial charge in [0.15, 0.2) is 0 Å². The molecule has 0 radical (unpaired) electrons. The van der Waals surface area contributed by atoms with Gasteiger partial charge in [0.2, 0.25) is 11.8 Å². The Morgan fingerprint density at radius 1 is 1.40 bits per heavy atom. The molecule has 1 heterocycles. The Labute approximate surface area is 121 Å². The average molecular weight is 282 g/mol. The molecule has 0 aliphatic carbocycles. The molecular formula is C14H26N4O2. The van der Waals surface area contributed by atoms with Crippen LogP contribution in [0.1, 0.15) is 26.0 Å². The van der Waals surface area contributed by atoms with Crippen LogP contribution in [0.2, 0.25) is 0 Å². The first kappa shape index (κ1) is 16.7. The van der Waals surface area contributed by atoms with Gasteiger partial charge in [-0.1, -0.05) is 6.92 Å². The minimum absolute atomic E-state index is 0.377. The Hall–Kier alpha value is -1.40. The number of anilines is 1. The first-order valence-corrected chi connectivity index (χ1v) is 6.92. The largest absolute Gasteiger partial charge is 0.478 e.